The summed E-state index contributed by atoms with van der Waals surface area (Å²) in [6.45, 7) is 8.62. The highest BCUT2D eigenvalue weighted by atomic mass is 16.6. The van der Waals surface area contributed by atoms with Gasteiger partial charge in [0, 0.05) is 0 Å². The zero-order chi connectivity index (χ0) is 21.0. The van der Waals surface area contributed by atoms with Crippen LogP contribution in [0.5, 0.6) is 0 Å². The Morgan fingerprint density at radius 3 is 1.61 bits per heavy atom. The molecular formula is C24H46O4. The predicted octanol–water partition coefficient (Wildman–Crippen LogP) is 6.99. The molecule has 0 spiro atoms. The third-order valence-electron chi connectivity index (χ3n) is 5.56. The van der Waals surface area contributed by atoms with Gasteiger partial charge in [-0.2, -0.15) is 0 Å². The molecule has 28 heavy (non-hydrogen) atoms. The number of carbonyl (C=O) groups excluding carboxylic acids is 2. The summed E-state index contributed by atoms with van der Waals surface area (Å²) in [5.74, 6) is -0.658. The van der Waals surface area contributed by atoms with E-state index in [1.807, 2.05) is 13.8 Å². The number of hydrogen-bond acceptors (Lipinski definition) is 4. The lowest BCUT2D eigenvalue weighted by Crippen LogP contribution is -2.23. The van der Waals surface area contributed by atoms with E-state index < -0.39 is 11.9 Å². The fourth-order valence-electron chi connectivity index (χ4n) is 3.17. The van der Waals surface area contributed by atoms with Crippen LogP contribution in [0.15, 0.2) is 0 Å². The van der Waals surface area contributed by atoms with Crippen molar-refractivity contribution in [2.75, 3.05) is 6.61 Å². The monoisotopic (exact) mass is 398 g/mol. The third-order valence-corrected chi connectivity index (χ3v) is 5.56. The topological polar surface area (TPSA) is 52.6 Å². The van der Waals surface area contributed by atoms with Gasteiger partial charge in [-0.15, -0.1) is 0 Å². The fraction of sp³-hybridized carbons (Fsp3) is 0.917. The highest BCUT2D eigenvalue weighted by molar-refractivity contribution is 5.91. The molecule has 0 rings (SSSR count). The van der Waals surface area contributed by atoms with Gasteiger partial charge in [0.05, 0.1) is 6.61 Å². The molecule has 0 bridgehead atoms. The molecule has 4 nitrogen and oxygen atoms in total. The van der Waals surface area contributed by atoms with Crippen LogP contribution < -0.4 is 0 Å². The summed E-state index contributed by atoms with van der Waals surface area (Å²) in [5, 5.41) is 0. The average Bonchev–Trinajstić information content (AvgIpc) is 2.67. The molecule has 0 fully saturated rings. The van der Waals surface area contributed by atoms with Gasteiger partial charge < -0.3 is 9.47 Å². The van der Waals surface area contributed by atoms with Crippen LogP contribution in [0.25, 0.3) is 0 Å². The molecule has 166 valence electrons. The molecule has 2 atom stereocenters. The van der Waals surface area contributed by atoms with Crippen molar-refractivity contribution in [2.45, 2.75) is 130 Å². The van der Waals surface area contributed by atoms with Gasteiger partial charge in [-0.25, -0.2) is 0 Å². The van der Waals surface area contributed by atoms with E-state index in [9.17, 15) is 9.59 Å². The smallest absolute Gasteiger partial charge is 0.317 e. The van der Waals surface area contributed by atoms with Gasteiger partial charge in [0.1, 0.15) is 12.5 Å². The predicted molar refractivity (Wildman–Crippen MR) is 116 cm³/mol. The quantitative estimate of drug-likeness (QED) is 0.134. The first-order valence-corrected chi connectivity index (χ1v) is 11.9. The maximum atomic E-state index is 11.7. The Morgan fingerprint density at radius 1 is 0.679 bits per heavy atom. The van der Waals surface area contributed by atoms with E-state index in [2.05, 4.69) is 13.8 Å². The molecule has 0 N–H and O–H groups in total. The normalized spacial score (nSPS) is 13.1. The van der Waals surface area contributed by atoms with Crippen molar-refractivity contribution >= 4 is 11.9 Å². The minimum atomic E-state index is -0.483. The van der Waals surface area contributed by atoms with Crippen LogP contribution >= 0.6 is 0 Å². The van der Waals surface area contributed by atoms with Crippen molar-refractivity contribution < 1.29 is 19.1 Å². The number of unbranched alkanes of at least 4 members (excludes halogenated alkanes) is 12. The average molecular weight is 399 g/mol. The van der Waals surface area contributed by atoms with Crippen LogP contribution in [0.1, 0.15) is 124 Å². The van der Waals surface area contributed by atoms with Gasteiger partial charge in [0.25, 0.3) is 0 Å². The molecule has 0 heterocycles. The lowest BCUT2D eigenvalue weighted by atomic mass is 10.0. The van der Waals surface area contributed by atoms with E-state index in [0.717, 1.165) is 19.3 Å². The van der Waals surface area contributed by atoms with Crippen molar-refractivity contribution in [3.8, 4) is 0 Å². The summed E-state index contributed by atoms with van der Waals surface area (Å²) in [6, 6.07) is 0. The van der Waals surface area contributed by atoms with E-state index >= 15 is 0 Å². The zero-order valence-electron chi connectivity index (χ0n) is 19.1. The highest BCUT2D eigenvalue weighted by Gasteiger charge is 2.18. The van der Waals surface area contributed by atoms with Crippen LogP contribution in [-0.4, -0.2) is 24.6 Å². The molecule has 0 aliphatic rings. The summed E-state index contributed by atoms with van der Waals surface area (Å²) >= 11 is 0. The first kappa shape index (κ1) is 26.9. The summed E-state index contributed by atoms with van der Waals surface area (Å²) in [7, 11) is 0. The molecule has 0 aliphatic carbocycles. The lowest BCUT2D eigenvalue weighted by Gasteiger charge is -2.18. The van der Waals surface area contributed by atoms with E-state index in [4.69, 9.17) is 9.47 Å². The number of rotatable bonds is 19. The Morgan fingerprint density at radius 2 is 1.14 bits per heavy atom. The Kier molecular flexibility index (Phi) is 18.5. The molecule has 0 saturated carbocycles. The standard InChI is InChI=1S/C24H46O4/c1-5-7-8-9-10-11-12-13-14-15-16-17-18-19-27-23(25)20-24(26)28-22(4)21(3)6-2/h21-22H,5-20H2,1-4H3. The maximum absolute atomic E-state index is 11.7. The van der Waals surface area contributed by atoms with E-state index in [0.29, 0.717) is 12.5 Å². The Balaban J connectivity index is 3.39. The van der Waals surface area contributed by atoms with Crippen LogP contribution in [0.4, 0.5) is 0 Å². The Labute approximate surface area is 174 Å². The van der Waals surface area contributed by atoms with Gasteiger partial charge in [0.15, 0.2) is 0 Å². The second-order valence-electron chi connectivity index (χ2n) is 8.22. The first-order chi connectivity index (χ1) is 13.5. The Hall–Kier alpha value is -1.06. The molecule has 0 amide bonds. The third kappa shape index (κ3) is 17.1. The highest BCUT2D eigenvalue weighted by Crippen LogP contribution is 2.13. The summed E-state index contributed by atoms with van der Waals surface area (Å²) in [5.41, 5.74) is 0. The van der Waals surface area contributed by atoms with Crippen molar-refractivity contribution in [1.29, 1.82) is 0 Å². The maximum Gasteiger partial charge on any atom is 0.317 e. The molecule has 0 aromatic rings. The molecule has 0 aliphatic heterocycles. The second kappa shape index (κ2) is 19.3. The van der Waals surface area contributed by atoms with Crippen molar-refractivity contribution in [3.63, 3.8) is 0 Å². The molecule has 4 heteroatoms. The van der Waals surface area contributed by atoms with Gasteiger partial charge in [-0.3, -0.25) is 9.59 Å². The summed E-state index contributed by atoms with van der Waals surface area (Å²) < 4.78 is 10.4. The van der Waals surface area contributed by atoms with Crippen molar-refractivity contribution in [1.82, 2.24) is 0 Å². The summed E-state index contributed by atoms with van der Waals surface area (Å²) in [4.78, 5) is 23.4. The molecule has 0 aromatic heterocycles. The molecule has 0 radical (unpaired) electrons. The van der Waals surface area contributed by atoms with Gasteiger partial charge in [0.2, 0.25) is 0 Å². The van der Waals surface area contributed by atoms with Crippen LogP contribution in [0.2, 0.25) is 0 Å². The Bertz CT molecular complexity index is 381. The molecule has 0 saturated heterocycles. The van der Waals surface area contributed by atoms with E-state index in [1.165, 1.54) is 70.6 Å². The number of hydrogen-bond donors (Lipinski definition) is 0. The van der Waals surface area contributed by atoms with Crippen LogP contribution in [0.3, 0.4) is 0 Å². The summed E-state index contributed by atoms with van der Waals surface area (Å²) in [6.07, 6.45) is 17.3. The van der Waals surface area contributed by atoms with Crippen LogP contribution in [0, 0.1) is 5.92 Å². The number of ether oxygens (including phenoxy) is 2. The fourth-order valence-corrected chi connectivity index (χ4v) is 3.17. The number of carbonyl (C=O) groups is 2. The van der Waals surface area contributed by atoms with Crippen molar-refractivity contribution in [3.05, 3.63) is 0 Å². The first-order valence-electron chi connectivity index (χ1n) is 11.9. The molecular weight excluding hydrogens is 352 g/mol. The van der Waals surface area contributed by atoms with E-state index in [-0.39, 0.29) is 12.5 Å². The molecule has 2 unspecified atom stereocenters. The number of esters is 2. The SMILES string of the molecule is CCCCCCCCCCCCCCCOC(=O)CC(=O)OC(C)C(C)CC. The second-order valence-corrected chi connectivity index (χ2v) is 8.22. The zero-order valence-corrected chi connectivity index (χ0v) is 19.1. The minimum Gasteiger partial charge on any atom is -0.465 e. The van der Waals surface area contributed by atoms with Crippen molar-refractivity contribution in [2.24, 2.45) is 5.92 Å². The molecule has 0 aromatic carbocycles. The lowest BCUT2D eigenvalue weighted by molar-refractivity contribution is -0.158. The van der Waals surface area contributed by atoms with Gasteiger partial charge >= 0.3 is 11.9 Å². The largest absolute Gasteiger partial charge is 0.465 e. The van der Waals surface area contributed by atoms with E-state index in [1.54, 1.807) is 0 Å². The van der Waals surface area contributed by atoms with Gasteiger partial charge in [-0.05, 0) is 19.3 Å². The van der Waals surface area contributed by atoms with Crippen LogP contribution in [-0.2, 0) is 19.1 Å². The van der Waals surface area contributed by atoms with Gasteiger partial charge in [-0.1, -0.05) is 104 Å². The minimum absolute atomic E-state index is 0.161.